The normalized spacial score (nSPS) is 10.4. The van der Waals surface area contributed by atoms with E-state index in [1.807, 2.05) is 28.8 Å². The predicted molar refractivity (Wildman–Crippen MR) is 91.6 cm³/mol. The Balaban J connectivity index is 2.26. The molecule has 0 atom stereocenters. The van der Waals surface area contributed by atoms with Crippen LogP contribution in [-0.2, 0) is 11.3 Å². The van der Waals surface area contributed by atoms with Gasteiger partial charge >= 0.3 is 0 Å². The third-order valence-corrected chi connectivity index (χ3v) is 4.15. The van der Waals surface area contributed by atoms with Gasteiger partial charge in [0.2, 0.25) is 5.91 Å². The quantitative estimate of drug-likeness (QED) is 0.575. The fourth-order valence-electron chi connectivity index (χ4n) is 1.90. The molecule has 0 unspecified atom stereocenters. The number of ether oxygens (including phenoxy) is 1. The van der Waals surface area contributed by atoms with E-state index < -0.39 is 0 Å². The van der Waals surface area contributed by atoms with Gasteiger partial charge in [0.25, 0.3) is 0 Å². The highest BCUT2D eigenvalue weighted by molar-refractivity contribution is 7.99. The number of aromatic nitrogens is 3. The summed E-state index contributed by atoms with van der Waals surface area (Å²) in [5.41, 5.74) is 0.936. The lowest BCUT2D eigenvalue weighted by Gasteiger charge is -2.10. The largest absolute Gasteiger partial charge is 0.497 e. The Labute approximate surface area is 140 Å². The first-order valence-corrected chi connectivity index (χ1v) is 8.07. The van der Waals surface area contributed by atoms with E-state index in [2.05, 4.69) is 16.8 Å². The van der Waals surface area contributed by atoms with Crippen molar-refractivity contribution in [2.24, 2.45) is 0 Å². The van der Waals surface area contributed by atoms with E-state index in [1.54, 1.807) is 32.2 Å². The molecule has 122 valence electrons. The van der Waals surface area contributed by atoms with Crippen molar-refractivity contribution in [3.8, 4) is 17.1 Å². The molecule has 0 saturated heterocycles. The molecule has 1 amide bonds. The number of rotatable bonds is 7. The number of carbonyl (C=O) groups excluding carboxylic acids is 1. The molecule has 23 heavy (non-hydrogen) atoms. The number of nitrogens with zero attached hydrogens (tertiary/aromatic N) is 4. The van der Waals surface area contributed by atoms with Crippen LogP contribution < -0.4 is 4.74 Å². The Morgan fingerprint density at radius 3 is 2.61 bits per heavy atom. The molecule has 0 aliphatic rings. The van der Waals surface area contributed by atoms with Crippen molar-refractivity contribution in [3.05, 3.63) is 36.9 Å². The van der Waals surface area contributed by atoms with Crippen molar-refractivity contribution in [2.75, 3.05) is 27.0 Å². The molecule has 7 heteroatoms. The fraction of sp³-hybridized carbons (Fsp3) is 0.312. The Bertz CT molecular complexity index is 680. The van der Waals surface area contributed by atoms with E-state index in [0.29, 0.717) is 17.5 Å². The summed E-state index contributed by atoms with van der Waals surface area (Å²) in [6, 6.07) is 7.62. The molecule has 0 fully saturated rings. The van der Waals surface area contributed by atoms with Gasteiger partial charge in [-0.15, -0.1) is 16.8 Å². The molecule has 6 nitrogen and oxygen atoms in total. The molecule has 1 aromatic heterocycles. The number of carbonyl (C=O) groups is 1. The van der Waals surface area contributed by atoms with Gasteiger partial charge in [-0.05, 0) is 24.3 Å². The minimum atomic E-state index is 0.0363. The van der Waals surface area contributed by atoms with Gasteiger partial charge in [-0.1, -0.05) is 17.8 Å². The molecule has 1 aromatic carbocycles. The third-order valence-electron chi connectivity index (χ3n) is 3.20. The highest BCUT2D eigenvalue weighted by atomic mass is 32.2. The summed E-state index contributed by atoms with van der Waals surface area (Å²) in [5, 5.41) is 9.17. The van der Waals surface area contributed by atoms with Gasteiger partial charge in [0.15, 0.2) is 11.0 Å². The monoisotopic (exact) mass is 332 g/mol. The number of hydrogen-bond acceptors (Lipinski definition) is 5. The van der Waals surface area contributed by atoms with Crippen LogP contribution in [0.3, 0.4) is 0 Å². The first-order valence-electron chi connectivity index (χ1n) is 7.08. The molecular formula is C16H20N4O2S. The number of methoxy groups -OCH3 is 1. The minimum Gasteiger partial charge on any atom is -0.497 e. The number of allylic oxidation sites excluding steroid dienone is 1. The number of benzene rings is 1. The van der Waals surface area contributed by atoms with Gasteiger partial charge in [0, 0.05) is 26.2 Å². The molecule has 0 spiro atoms. The van der Waals surface area contributed by atoms with Crippen LogP contribution in [0.15, 0.2) is 42.1 Å². The molecule has 2 rings (SSSR count). The predicted octanol–water partition coefficient (Wildman–Crippen LogP) is 2.32. The number of amides is 1. The van der Waals surface area contributed by atoms with Gasteiger partial charge in [-0.25, -0.2) is 0 Å². The summed E-state index contributed by atoms with van der Waals surface area (Å²) >= 11 is 1.37. The lowest BCUT2D eigenvalue weighted by atomic mass is 10.2. The summed E-state index contributed by atoms with van der Waals surface area (Å²) in [6.07, 6.45) is 1.79. The van der Waals surface area contributed by atoms with E-state index in [-0.39, 0.29) is 5.91 Å². The number of hydrogen-bond donors (Lipinski definition) is 0. The average Bonchev–Trinajstić information content (AvgIpc) is 2.95. The zero-order valence-corrected chi connectivity index (χ0v) is 14.3. The first kappa shape index (κ1) is 17.1. The lowest BCUT2D eigenvalue weighted by Crippen LogP contribution is -2.23. The molecule has 0 N–H and O–H groups in total. The Morgan fingerprint density at radius 2 is 2.04 bits per heavy atom. The third kappa shape index (κ3) is 4.13. The van der Waals surface area contributed by atoms with Gasteiger partial charge in [0.1, 0.15) is 5.75 Å². The van der Waals surface area contributed by atoms with Crippen LogP contribution in [0.1, 0.15) is 0 Å². The number of thioether (sulfide) groups is 1. The summed E-state index contributed by atoms with van der Waals surface area (Å²) in [6.45, 7) is 4.36. The van der Waals surface area contributed by atoms with Crippen molar-refractivity contribution < 1.29 is 9.53 Å². The van der Waals surface area contributed by atoms with Crippen molar-refractivity contribution in [1.29, 1.82) is 0 Å². The van der Waals surface area contributed by atoms with Crippen molar-refractivity contribution in [2.45, 2.75) is 11.7 Å². The fourth-order valence-corrected chi connectivity index (χ4v) is 2.82. The maximum atomic E-state index is 11.7. The van der Waals surface area contributed by atoms with E-state index >= 15 is 0 Å². The average molecular weight is 332 g/mol. The maximum Gasteiger partial charge on any atom is 0.232 e. The zero-order chi connectivity index (χ0) is 16.8. The molecular weight excluding hydrogens is 312 g/mol. The van der Waals surface area contributed by atoms with Crippen molar-refractivity contribution in [3.63, 3.8) is 0 Å². The Hall–Kier alpha value is -2.28. The summed E-state index contributed by atoms with van der Waals surface area (Å²) in [4.78, 5) is 13.3. The van der Waals surface area contributed by atoms with Crippen molar-refractivity contribution in [1.82, 2.24) is 19.7 Å². The minimum absolute atomic E-state index is 0.0363. The van der Waals surface area contributed by atoms with Crippen LogP contribution in [0.25, 0.3) is 11.4 Å². The standard InChI is InChI=1S/C16H20N4O2S/c1-5-10-20-15(12-6-8-13(22-4)9-7-12)17-18-16(20)23-11-14(21)19(2)3/h5-9H,1,10-11H2,2-4H3. The van der Waals surface area contributed by atoms with E-state index in [1.165, 1.54) is 11.8 Å². The molecule has 0 saturated carbocycles. The van der Waals surface area contributed by atoms with E-state index in [9.17, 15) is 4.79 Å². The second kappa shape index (κ2) is 7.82. The van der Waals surface area contributed by atoms with Gasteiger partial charge in [-0.3, -0.25) is 9.36 Å². The van der Waals surface area contributed by atoms with Gasteiger partial charge in [-0.2, -0.15) is 0 Å². The molecule has 0 aliphatic carbocycles. The topological polar surface area (TPSA) is 60.2 Å². The van der Waals surface area contributed by atoms with Crippen LogP contribution in [0.2, 0.25) is 0 Å². The summed E-state index contributed by atoms with van der Waals surface area (Å²) < 4.78 is 7.12. The van der Waals surface area contributed by atoms with Crippen LogP contribution in [-0.4, -0.2) is 52.5 Å². The highest BCUT2D eigenvalue weighted by Gasteiger charge is 2.15. The summed E-state index contributed by atoms with van der Waals surface area (Å²) in [7, 11) is 5.10. The van der Waals surface area contributed by atoms with Gasteiger partial charge < -0.3 is 9.64 Å². The molecule has 2 aromatic rings. The molecule has 0 bridgehead atoms. The second-order valence-electron chi connectivity index (χ2n) is 5.01. The van der Waals surface area contributed by atoms with Crippen LogP contribution in [0.4, 0.5) is 0 Å². The lowest BCUT2D eigenvalue weighted by molar-refractivity contribution is -0.125. The van der Waals surface area contributed by atoms with Crippen LogP contribution in [0, 0.1) is 0 Å². The molecule has 0 aliphatic heterocycles. The Kier molecular flexibility index (Phi) is 5.81. The second-order valence-corrected chi connectivity index (χ2v) is 5.95. The van der Waals surface area contributed by atoms with E-state index in [4.69, 9.17) is 4.74 Å². The van der Waals surface area contributed by atoms with Gasteiger partial charge in [0.05, 0.1) is 12.9 Å². The smallest absolute Gasteiger partial charge is 0.232 e. The molecule has 0 radical (unpaired) electrons. The van der Waals surface area contributed by atoms with Crippen LogP contribution >= 0.6 is 11.8 Å². The Morgan fingerprint density at radius 1 is 1.35 bits per heavy atom. The zero-order valence-electron chi connectivity index (χ0n) is 13.5. The van der Waals surface area contributed by atoms with E-state index in [0.717, 1.165) is 17.1 Å². The molecule has 1 heterocycles. The first-order chi connectivity index (χ1) is 11.1. The van der Waals surface area contributed by atoms with Crippen molar-refractivity contribution >= 4 is 17.7 Å². The summed E-state index contributed by atoms with van der Waals surface area (Å²) in [5.74, 6) is 1.89. The maximum absolute atomic E-state index is 11.7. The van der Waals surface area contributed by atoms with Crippen LogP contribution in [0.5, 0.6) is 5.75 Å². The SMILES string of the molecule is C=CCn1c(SCC(=O)N(C)C)nnc1-c1ccc(OC)cc1. The highest BCUT2D eigenvalue weighted by Crippen LogP contribution is 2.25.